The van der Waals surface area contributed by atoms with Gasteiger partial charge in [-0.05, 0) is 5.56 Å². The molecule has 2 heteroatoms. The molecule has 1 saturated heterocycles. The van der Waals surface area contributed by atoms with Crippen LogP contribution in [-0.4, -0.2) is 31.1 Å². The number of rotatable bonds is 3. The van der Waals surface area contributed by atoms with Crippen LogP contribution in [0.3, 0.4) is 0 Å². The van der Waals surface area contributed by atoms with Gasteiger partial charge in [0.2, 0.25) is 0 Å². The lowest BCUT2D eigenvalue weighted by Gasteiger charge is -2.34. The third-order valence-electron chi connectivity index (χ3n) is 2.69. The van der Waals surface area contributed by atoms with Crippen molar-refractivity contribution in [1.82, 2.24) is 10.2 Å². The van der Waals surface area contributed by atoms with Crippen molar-refractivity contribution in [3.8, 4) is 0 Å². The van der Waals surface area contributed by atoms with Gasteiger partial charge >= 0.3 is 0 Å². The summed E-state index contributed by atoms with van der Waals surface area (Å²) in [7, 11) is 0. The fourth-order valence-electron chi connectivity index (χ4n) is 1.94. The average Bonchev–Trinajstić information content (AvgIpc) is 2.31. The highest BCUT2D eigenvalue weighted by Crippen LogP contribution is 2.20. The van der Waals surface area contributed by atoms with Gasteiger partial charge in [-0.15, -0.1) is 6.58 Å². The first kappa shape index (κ1) is 10.4. The van der Waals surface area contributed by atoms with Crippen LogP contribution in [0.5, 0.6) is 0 Å². The topological polar surface area (TPSA) is 15.3 Å². The largest absolute Gasteiger partial charge is 0.313 e. The van der Waals surface area contributed by atoms with Gasteiger partial charge in [-0.2, -0.15) is 0 Å². The maximum Gasteiger partial charge on any atom is 0.0830 e. The maximum atomic E-state index is 3.81. The molecule has 1 aliphatic rings. The molecule has 0 aromatic heterocycles. The summed E-state index contributed by atoms with van der Waals surface area (Å²) < 4.78 is 0. The van der Waals surface area contributed by atoms with E-state index in [-0.39, 0.29) is 0 Å². The van der Waals surface area contributed by atoms with Crippen molar-refractivity contribution in [1.29, 1.82) is 0 Å². The van der Waals surface area contributed by atoms with Crippen molar-refractivity contribution in [2.45, 2.75) is 0 Å². The normalized spacial score (nSPS) is 18.9. The van der Waals surface area contributed by atoms with E-state index in [1.54, 1.807) is 0 Å². The predicted molar refractivity (Wildman–Crippen MR) is 63.4 cm³/mol. The highest BCUT2D eigenvalue weighted by Gasteiger charge is 2.22. The van der Waals surface area contributed by atoms with Crippen LogP contribution < -0.4 is 5.32 Å². The summed E-state index contributed by atoms with van der Waals surface area (Å²) in [4.78, 5) is 2.39. The van der Waals surface area contributed by atoms with Gasteiger partial charge in [0.15, 0.2) is 0 Å². The lowest BCUT2D eigenvalue weighted by atomic mass is 10.0. The molecule has 1 radical (unpaired) electrons. The van der Waals surface area contributed by atoms with E-state index in [2.05, 4.69) is 47.1 Å². The number of nitrogens with zero attached hydrogens (tertiary/aromatic N) is 1. The number of nitrogens with one attached hydrogen (secondary N) is 1. The molecule has 0 unspecified atom stereocenters. The zero-order valence-corrected chi connectivity index (χ0v) is 8.95. The maximum absolute atomic E-state index is 3.81. The number of hydrogen-bond acceptors (Lipinski definition) is 2. The monoisotopic (exact) mass is 201 g/mol. The van der Waals surface area contributed by atoms with E-state index < -0.39 is 0 Å². The summed E-state index contributed by atoms with van der Waals surface area (Å²) in [5.74, 6) is 0. The SMILES string of the molecule is C=CCN1CCNC[C]1c1ccccc1. The first-order chi connectivity index (χ1) is 7.42. The zero-order chi connectivity index (χ0) is 10.5. The van der Waals surface area contributed by atoms with Crippen molar-refractivity contribution in [3.63, 3.8) is 0 Å². The van der Waals surface area contributed by atoms with Gasteiger partial charge in [-0.3, -0.25) is 4.90 Å². The number of piperazine rings is 1. The Labute approximate surface area is 91.6 Å². The number of benzene rings is 1. The molecule has 1 aliphatic heterocycles. The fraction of sp³-hybridized carbons (Fsp3) is 0.308. The minimum atomic E-state index is 0.936. The molecule has 0 saturated carbocycles. The van der Waals surface area contributed by atoms with Crippen LogP contribution in [-0.2, 0) is 0 Å². The molecular weight excluding hydrogens is 184 g/mol. The third kappa shape index (κ3) is 2.46. The van der Waals surface area contributed by atoms with Gasteiger partial charge in [-0.1, -0.05) is 36.4 Å². The highest BCUT2D eigenvalue weighted by atomic mass is 15.2. The van der Waals surface area contributed by atoms with Crippen LogP contribution in [0.25, 0.3) is 0 Å². The Bertz CT molecular complexity index is 308. The second-order valence-corrected chi connectivity index (χ2v) is 3.72. The zero-order valence-electron chi connectivity index (χ0n) is 8.95. The molecule has 2 nitrogen and oxygen atoms in total. The minimum Gasteiger partial charge on any atom is -0.313 e. The first-order valence-electron chi connectivity index (χ1n) is 5.39. The molecule has 0 atom stereocenters. The van der Waals surface area contributed by atoms with Gasteiger partial charge in [0.05, 0.1) is 6.04 Å². The van der Waals surface area contributed by atoms with E-state index in [9.17, 15) is 0 Å². The average molecular weight is 201 g/mol. The molecule has 0 amide bonds. The van der Waals surface area contributed by atoms with E-state index in [1.165, 1.54) is 11.6 Å². The molecule has 0 aliphatic carbocycles. The lowest BCUT2D eigenvalue weighted by molar-refractivity contribution is 0.281. The van der Waals surface area contributed by atoms with Crippen molar-refractivity contribution in [2.24, 2.45) is 0 Å². The van der Waals surface area contributed by atoms with Crippen LogP contribution in [0.1, 0.15) is 5.56 Å². The van der Waals surface area contributed by atoms with Crippen LogP contribution >= 0.6 is 0 Å². The Hall–Kier alpha value is -1.12. The Kier molecular flexibility index (Phi) is 3.54. The van der Waals surface area contributed by atoms with E-state index in [0.29, 0.717) is 0 Å². The van der Waals surface area contributed by atoms with E-state index in [1.807, 2.05) is 6.08 Å². The Morgan fingerprint density at radius 3 is 2.87 bits per heavy atom. The summed E-state index contributed by atoms with van der Waals surface area (Å²) >= 11 is 0. The molecule has 2 rings (SSSR count). The van der Waals surface area contributed by atoms with Crippen LogP contribution in [0.4, 0.5) is 0 Å². The van der Waals surface area contributed by atoms with Crippen molar-refractivity contribution in [3.05, 3.63) is 54.6 Å². The smallest absolute Gasteiger partial charge is 0.0830 e. The molecule has 0 spiro atoms. The van der Waals surface area contributed by atoms with Gasteiger partial charge in [-0.25, -0.2) is 0 Å². The Morgan fingerprint density at radius 1 is 1.33 bits per heavy atom. The molecule has 15 heavy (non-hydrogen) atoms. The molecule has 1 N–H and O–H groups in total. The first-order valence-corrected chi connectivity index (χ1v) is 5.39. The summed E-state index contributed by atoms with van der Waals surface area (Å²) in [6.45, 7) is 7.83. The minimum absolute atomic E-state index is 0.936. The quantitative estimate of drug-likeness (QED) is 0.748. The van der Waals surface area contributed by atoms with Crippen molar-refractivity contribution < 1.29 is 0 Å². The third-order valence-corrected chi connectivity index (χ3v) is 2.69. The van der Waals surface area contributed by atoms with Gasteiger partial charge < -0.3 is 5.32 Å². The summed E-state index contributed by atoms with van der Waals surface area (Å²) in [5, 5.41) is 3.41. The van der Waals surface area contributed by atoms with Crippen LogP contribution in [0.15, 0.2) is 43.0 Å². The van der Waals surface area contributed by atoms with Gasteiger partial charge in [0.25, 0.3) is 0 Å². The number of hydrogen-bond donors (Lipinski definition) is 1. The lowest BCUT2D eigenvalue weighted by Crippen LogP contribution is -2.46. The molecule has 1 aromatic carbocycles. The predicted octanol–water partition coefficient (Wildman–Crippen LogP) is 1.66. The molecule has 1 fully saturated rings. The van der Waals surface area contributed by atoms with Gasteiger partial charge in [0, 0.05) is 26.2 Å². The van der Waals surface area contributed by atoms with Crippen molar-refractivity contribution >= 4 is 0 Å². The van der Waals surface area contributed by atoms with Crippen molar-refractivity contribution in [2.75, 3.05) is 26.2 Å². The molecule has 1 aromatic rings. The standard InChI is InChI=1S/C13H17N2/c1-2-9-15-10-8-14-11-13(15)12-6-4-3-5-7-12/h2-7,14H,1,8-11H2. The van der Waals surface area contributed by atoms with Gasteiger partial charge in [0.1, 0.15) is 0 Å². The summed E-state index contributed by atoms with van der Waals surface area (Å²) in [6.07, 6.45) is 1.97. The highest BCUT2D eigenvalue weighted by molar-refractivity contribution is 5.31. The second-order valence-electron chi connectivity index (χ2n) is 3.72. The summed E-state index contributed by atoms with van der Waals surface area (Å²) in [5.41, 5.74) is 1.31. The molecule has 0 bridgehead atoms. The Balaban J connectivity index is 2.14. The summed E-state index contributed by atoms with van der Waals surface area (Å²) in [6, 6.07) is 11.9. The van der Waals surface area contributed by atoms with Crippen LogP contribution in [0, 0.1) is 6.04 Å². The molecule has 79 valence electrons. The van der Waals surface area contributed by atoms with Crippen LogP contribution in [0.2, 0.25) is 0 Å². The fourth-order valence-corrected chi connectivity index (χ4v) is 1.94. The Morgan fingerprint density at radius 2 is 2.13 bits per heavy atom. The molecule has 1 heterocycles. The second kappa shape index (κ2) is 5.10. The van der Waals surface area contributed by atoms with E-state index >= 15 is 0 Å². The van der Waals surface area contributed by atoms with E-state index in [0.717, 1.165) is 26.2 Å². The van der Waals surface area contributed by atoms with E-state index in [4.69, 9.17) is 0 Å². The molecular formula is C13H17N2.